The predicted octanol–water partition coefficient (Wildman–Crippen LogP) is 3.15. The van der Waals surface area contributed by atoms with Crippen molar-refractivity contribution in [2.24, 2.45) is 4.99 Å². The third-order valence-corrected chi connectivity index (χ3v) is 14.9. The lowest BCUT2D eigenvalue weighted by molar-refractivity contribution is -0.0788. The summed E-state index contributed by atoms with van der Waals surface area (Å²) >= 11 is 4.27. The average Bonchev–Trinajstić information content (AvgIpc) is 1.77. The molecule has 0 unspecified atom stereocenters. The van der Waals surface area contributed by atoms with Crippen LogP contribution in [-0.2, 0) is 33.0 Å². The van der Waals surface area contributed by atoms with Crippen LogP contribution in [0.15, 0.2) is 179 Å². The van der Waals surface area contributed by atoms with Gasteiger partial charge in [-0.25, -0.2) is 29.9 Å². The number of aliphatic hydroxyl groups excluding tert-OH is 13. The van der Waals surface area contributed by atoms with E-state index in [-0.39, 0.29) is 38.7 Å². The van der Waals surface area contributed by atoms with Gasteiger partial charge in [-0.15, -0.1) is 34.0 Å². The fourth-order valence-corrected chi connectivity index (χ4v) is 9.50. The highest BCUT2D eigenvalue weighted by molar-refractivity contribution is 7.15. The second-order valence-corrected chi connectivity index (χ2v) is 21.5. The highest BCUT2D eigenvalue weighted by Crippen LogP contribution is 2.27. The quantitative estimate of drug-likeness (QED) is 0.0521. The minimum atomic E-state index is -1.52. The Bertz CT molecular complexity index is 3800. The molecule has 0 saturated carbocycles. The minimum absolute atomic E-state index is 0.0233. The monoisotopic (exact) mass is 1390 g/mol. The highest BCUT2D eigenvalue weighted by Gasteiger charge is 2.31. The standard InChI is InChI=1S/C11H14N2O5.C10H13N3O5.2C7H6N2O3.3C7H6N2O2S/c14-5-8(15)11(17)10(16)6-3-7(12-4-6)9-1-2-13-18-9;14-4-6(15)9(17)8(16)5-3-11-10(13-5)7-1-2-12-18-7;10-3-5-4-11-7(8-5)6-1-2-12-9-6;10-4-5-3-8-7(12-5)6-1-2-11-9-6;10-3-5-4-12-7(8-5)6-1-2-11-9-6;10-4-5-3-8-7(12-5)6-1-2-11-9-6;10-3-5-4-12-7(9-5)6-1-2-8-11-6/h1-2,4,8,10-11,14-17H,3,5H2;1-3,6,8-9,14-17H,4H2,(H,11,13);1-2,4,10H,3H2;1-3,10H,4H2;1-2,4,10H,3H2;1-3,10H,4H2;1-2,4,10H,3H2/t8-,10-,11-;6-,8-,9-;;;;;/m00...../s1. The molecule has 37 nitrogen and oxygen atoms in total. The van der Waals surface area contributed by atoms with Crippen LogP contribution < -0.4 is 0 Å². The fourth-order valence-electron chi connectivity index (χ4n) is 7.23. The van der Waals surface area contributed by atoms with Gasteiger partial charge in [-0.1, -0.05) is 36.1 Å². The molecule has 13 aromatic heterocycles. The van der Waals surface area contributed by atoms with Crippen molar-refractivity contribution < 1.29 is 107 Å². The van der Waals surface area contributed by atoms with E-state index < -0.39 is 49.8 Å². The maximum Gasteiger partial charge on any atom is 0.248 e. The van der Waals surface area contributed by atoms with Crippen LogP contribution in [0.3, 0.4) is 0 Å². The van der Waals surface area contributed by atoms with E-state index in [9.17, 15) is 30.6 Å². The maximum absolute atomic E-state index is 9.83. The summed E-state index contributed by atoms with van der Waals surface area (Å²) in [5.74, 6) is 2.97. The van der Waals surface area contributed by atoms with E-state index in [1.807, 2.05) is 0 Å². The van der Waals surface area contributed by atoms with E-state index in [1.165, 1.54) is 96.3 Å². The zero-order chi connectivity index (χ0) is 68.2. The second kappa shape index (κ2) is 37.1. The molecule has 14 N–H and O–H groups in total. The molecule has 0 aliphatic carbocycles. The molecule has 506 valence electrons. The summed E-state index contributed by atoms with van der Waals surface area (Å²) in [4.78, 5) is 31.7. The second-order valence-electron chi connectivity index (χ2n) is 18.7. The Morgan fingerprint density at radius 2 is 1.04 bits per heavy atom. The van der Waals surface area contributed by atoms with Crippen molar-refractivity contribution in [3.63, 3.8) is 0 Å². The largest absolute Gasteiger partial charge is 0.443 e. The number of aliphatic imine (C=N–C) groups is 1. The van der Waals surface area contributed by atoms with Crippen LogP contribution in [0.4, 0.5) is 0 Å². The van der Waals surface area contributed by atoms with Gasteiger partial charge in [-0.2, -0.15) is 0 Å². The van der Waals surface area contributed by atoms with Gasteiger partial charge in [0.2, 0.25) is 17.5 Å². The Kier molecular flexibility index (Phi) is 27.7. The zero-order valence-corrected chi connectivity index (χ0v) is 51.7. The molecule has 96 heavy (non-hydrogen) atoms. The molecule has 1 aliphatic heterocycles. The summed E-state index contributed by atoms with van der Waals surface area (Å²) in [7, 11) is 0. The third kappa shape index (κ3) is 20.4. The van der Waals surface area contributed by atoms with Crippen molar-refractivity contribution in [3.05, 3.63) is 173 Å². The van der Waals surface area contributed by atoms with E-state index in [0.29, 0.717) is 98.2 Å². The van der Waals surface area contributed by atoms with Crippen LogP contribution in [-0.4, -0.2) is 187 Å². The number of hydrogen-bond acceptors (Lipinski definition) is 39. The Morgan fingerprint density at radius 3 is 1.54 bits per heavy atom. The third-order valence-electron chi connectivity index (χ3n) is 12.1. The molecule has 13 aromatic rings. The van der Waals surface area contributed by atoms with Gasteiger partial charge in [-0.3, -0.25) is 4.99 Å². The number of rotatable bonds is 20. The molecule has 14 heterocycles. The van der Waals surface area contributed by atoms with Crippen LogP contribution >= 0.6 is 34.0 Å². The first kappa shape index (κ1) is 71.7. The lowest BCUT2D eigenvalue weighted by Crippen LogP contribution is -2.40. The number of nitrogens with one attached hydrogen (secondary N) is 1. The van der Waals surface area contributed by atoms with Gasteiger partial charge in [0.15, 0.2) is 33.7 Å². The molecule has 0 saturated heterocycles. The summed E-state index contributed by atoms with van der Waals surface area (Å²) in [6, 6.07) is 11.7. The predicted molar refractivity (Wildman–Crippen MR) is 325 cm³/mol. The van der Waals surface area contributed by atoms with Crippen molar-refractivity contribution in [1.29, 1.82) is 0 Å². The summed E-state index contributed by atoms with van der Waals surface area (Å²) in [6.45, 7) is -1.62. The number of H-pyrrole nitrogens is 1. The summed E-state index contributed by atoms with van der Waals surface area (Å²) in [5.41, 5.74) is 5.50. The molecule has 0 radical (unpaired) electrons. The normalized spacial score (nSPS) is 13.4. The number of aromatic nitrogens is 14. The molecular weight excluding hydrogens is 1330 g/mol. The zero-order valence-electron chi connectivity index (χ0n) is 49.2. The van der Waals surface area contributed by atoms with Gasteiger partial charge >= 0.3 is 0 Å². The molecule has 1 aliphatic rings. The Hall–Kier alpha value is -10.1. The number of oxazole rings is 2. The van der Waals surface area contributed by atoms with Gasteiger partial charge in [-0.05, 0) is 5.57 Å². The highest BCUT2D eigenvalue weighted by atomic mass is 32.1. The lowest BCUT2D eigenvalue weighted by Gasteiger charge is -2.22. The summed E-state index contributed by atoms with van der Waals surface area (Å²) in [5, 5.41) is 149. The molecule has 0 fully saturated rings. The molecule has 0 spiro atoms. The van der Waals surface area contributed by atoms with E-state index in [4.69, 9.17) is 58.1 Å². The number of nitrogens with zero attached hydrogens (tertiary/aromatic N) is 14. The fraction of sp³-hybridized carbons (Fsp3) is 0.250. The number of aromatic amines is 1. The average molecular weight is 1390 g/mol. The minimum Gasteiger partial charge on any atom is -0.443 e. The van der Waals surface area contributed by atoms with Crippen molar-refractivity contribution >= 4 is 39.7 Å². The number of thiazole rings is 3. The van der Waals surface area contributed by atoms with Gasteiger partial charge in [0.1, 0.15) is 107 Å². The SMILES string of the molecule is OC[C@H](O)[C@H](O)[C@@H](O)C1=CN=C(c2ccno2)C1.OC[C@H](O)[C@H](O)[C@@H](O)c1cnc(-c2ccno2)[nH]1.OCc1cnc(-c2ccon2)o1.OCc1cnc(-c2ccon2)s1.OCc1coc(-c2ccon2)n1.OCc1csc(-c2ccno2)n1.OCc1csc(-c2ccon2)n1. The molecule has 0 bridgehead atoms. The smallest absolute Gasteiger partial charge is 0.248 e. The first-order chi connectivity index (χ1) is 46.8. The van der Waals surface area contributed by atoms with Gasteiger partial charge in [0, 0.05) is 72.0 Å². The van der Waals surface area contributed by atoms with Crippen LogP contribution in [0.2, 0.25) is 0 Å². The molecule has 0 amide bonds. The topological polar surface area (TPSA) is 577 Å². The number of imidazole rings is 1. The Balaban J connectivity index is 0.000000144. The first-order valence-corrected chi connectivity index (χ1v) is 30.1. The van der Waals surface area contributed by atoms with Crippen molar-refractivity contribution in [2.75, 3.05) is 13.2 Å². The van der Waals surface area contributed by atoms with Crippen LogP contribution in [0.5, 0.6) is 0 Å². The summed E-state index contributed by atoms with van der Waals surface area (Å²) in [6.07, 6.45) is 9.34. The molecular formula is C56H57N15O22S3. The first-order valence-electron chi connectivity index (χ1n) is 27.5. The van der Waals surface area contributed by atoms with Crippen LogP contribution in [0, 0.1) is 0 Å². The Labute approximate surface area is 549 Å². The van der Waals surface area contributed by atoms with E-state index in [0.717, 1.165) is 19.9 Å². The summed E-state index contributed by atoms with van der Waals surface area (Å²) < 4.78 is 43.3. The molecule has 6 atom stereocenters. The number of hydrogen-bond donors (Lipinski definition) is 14. The molecule has 14 rings (SSSR count). The van der Waals surface area contributed by atoms with Crippen LogP contribution in [0.25, 0.3) is 66.9 Å². The lowest BCUT2D eigenvalue weighted by atomic mass is 9.98. The number of aliphatic hydroxyl groups is 13. The van der Waals surface area contributed by atoms with Crippen molar-refractivity contribution in [3.8, 4) is 66.9 Å². The molecule has 40 heteroatoms. The van der Waals surface area contributed by atoms with Crippen molar-refractivity contribution in [1.82, 2.24) is 71.0 Å². The van der Waals surface area contributed by atoms with Gasteiger partial charge in [0.05, 0.1) is 98.3 Å². The molecule has 0 aromatic carbocycles. The maximum atomic E-state index is 9.83. The van der Waals surface area contributed by atoms with E-state index >= 15 is 0 Å². The van der Waals surface area contributed by atoms with E-state index in [2.05, 4.69) is 94.1 Å². The Morgan fingerprint density at radius 1 is 0.500 bits per heavy atom. The van der Waals surface area contributed by atoms with E-state index in [1.54, 1.807) is 65.6 Å². The van der Waals surface area contributed by atoms with Crippen molar-refractivity contribution in [2.45, 2.75) is 76.1 Å². The van der Waals surface area contributed by atoms with Gasteiger partial charge < -0.3 is 112 Å². The van der Waals surface area contributed by atoms with Gasteiger partial charge in [0.25, 0.3) is 0 Å². The van der Waals surface area contributed by atoms with Crippen LogP contribution in [0.1, 0.15) is 51.7 Å².